The molecule has 0 amide bonds. The van der Waals surface area contributed by atoms with Crippen LogP contribution in [0, 0.1) is 17.8 Å². The molecule has 316 valence electrons. The molecular weight excluding hydrogens is 711 g/mol. The summed E-state index contributed by atoms with van der Waals surface area (Å²) in [6, 6.07) is 31.6. The molecule has 0 radical (unpaired) electrons. The molecule has 3 aromatic carbocycles. The minimum atomic E-state index is -0.729. The standard InChI is InChI=1S/C17H25NO.2C16H25NO2/c1-2-5-15(6-3-1)17(16-7-4-11-18-13-16)19-12-10-14-8-9-14;1-19-12-6-10-16(18,14-7-3-2-4-8-14)15-9-5-11-17-13-15;1-18-11-6-5-9-15(14-7-3-2-4-8-14)16-13-17-10-12-19-16/h1-3,5-6,14,16-18H,4,7-13H2;2-4,7-8,15,17-18H,5-6,9-13H2,1H3;2-4,7-8,15-17H,5-6,9-13H2,1H3/t16-,17+;15-,16-;15-,16+/m110/s1. The van der Waals surface area contributed by atoms with Crippen LogP contribution >= 0.6 is 0 Å². The van der Waals surface area contributed by atoms with Crippen molar-refractivity contribution in [3.8, 4) is 0 Å². The number of aliphatic hydroxyl groups is 1. The zero-order valence-electron chi connectivity index (χ0n) is 35.3. The predicted octanol–water partition coefficient (Wildman–Crippen LogP) is 8.42. The molecule has 0 bridgehead atoms. The SMILES string of the molecule is COCCCC[C@@H](c1ccccc1)[C@H]1CNCCO1.COCCC[C@@](O)(c1ccccc1)[C@@H]1CCCNC1.c1ccc([C@H](OCCC2CC2)[C@@H]2CCCNC2)cc1. The summed E-state index contributed by atoms with van der Waals surface area (Å²) in [4.78, 5) is 0. The maximum atomic E-state index is 11.2. The molecule has 4 fully saturated rings. The van der Waals surface area contributed by atoms with Crippen LogP contribution in [0.15, 0.2) is 91.0 Å². The first-order valence-electron chi connectivity index (χ1n) is 22.3. The second kappa shape index (κ2) is 26.4. The summed E-state index contributed by atoms with van der Waals surface area (Å²) < 4.78 is 22.5. The maximum Gasteiger partial charge on any atom is 0.0937 e. The Morgan fingerprint density at radius 2 is 1.32 bits per heavy atom. The lowest BCUT2D eigenvalue weighted by atomic mass is 9.75. The van der Waals surface area contributed by atoms with Crippen LogP contribution in [-0.4, -0.2) is 91.1 Å². The largest absolute Gasteiger partial charge is 0.385 e. The highest BCUT2D eigenvalue weighted by Crippen LogP contribution is 2.38. The zero-order chi connectivity index (χ0) is 39.8. The molecule has 3 aromatic rings. The van der Waals surface area contributed by atoms with Crippen LogP contribution in [0.3, 0.4) is 0 Å². The Hall–Kier alpha value is -2.66. The Labute approximate surface area is 345 Å². The lowest BCUT2D eigenvalue weighted by Crippen LogP contribution is -2.44. The van der Waals surface area contributed by atoms with E-state index in [2.05, 4.69) is 76.6 Å². The molecule has 6 atom stereocenters. The predicted molar refractivity (Wildman–Crippen MR) is 233 cm³/mol. The Kier molecular flexibility index (Phi) is 21.1. The zero-order valence-corrected chi connectivity index (χ0v) is 35.3. The molecular formula is C49H75N3O5. The number of methoxy groups -OCH3 is 2. The van der Waals surface area contributed by atoms with Crippen molar-refractivity contribution >= 4 is 0 Å². The number of morpholine rings is 1. The van der Waals surface area contributed by atoms with Gasteiger partial charge in [-0.25, -0.2) is 0 Å². The second-order valence-electron chi connectivity index (χ2n) is 16.6. The van der Waals surface area contributed by atoms with Crippen molar-refractivity contribution in [3.05, 3.63) is 108 Å². The van der Waals surface area contributed by atoms with Gasteiger partial charge in [-0.1, -0.05) is 110 Å². The number of unbranched alkanes of at least 4 members (excludes halogenated alkanes) is 1. The average molecular weight is 786 g/mol. The number of hydrogen-bond acceptors (Lipinski definition) is 8. The number of ether oxygens (including phenoxy) is 4. The fourth-order valence-electron chi connectivity index (χ4n) is 8.83. The van der Waals surface area contributed by atoms with Gasteiger partial charge in [0.1, 0.15) is 0 Å². The Bertz CT molecular complexity index is 1410. The third kappa shape index (κ3) is 15.8. The molecule has 4 aliphatic rings. The van der Waals surface area contributed by atoms with E-state index in [1.54, 1.807) is 14.2 Å². The smallest absolute Gasteiger partial charge is 0.0937 e. The quantitative estimate of drug-likeness (QED) is 0.0902. The molecule has 8 heteroatoms. The van der Waals surface area contributed by atoms with Crippen molar-refractivity contribution in [2.45, 2.75) is 101 Å². The van der Waals surface area contributed by atoms with E-state index in [0.29, 0.717) is 30.5 Å². The van der Waals surface area contributed by atoms with Gasteiger partial charge in [0.2, 0.25) is 0 Å². The number of hydrogen-bond donors (Lipinski definition) is 4. The van der Waals surface area contributed by atoms with Gasteiger partial charge in [-0.2, -0.15) is 0 Å². The van der Waals surface area contributed by atoms with E-state index in [1.165, 1.54) is 62.6 Å². The topological polar surface area (TPSA) is 93.2 Å². The molecule has 0 unspecified atom stereocenters. The van der Waals surface area contributed by atoms with Gasteiger partial charge in [-0.3, -0.25) is 0 Å². The minimum absolute atomic E-state index is 0.285. The summed E-state index contributed by atoms with van der Waals surface area (Å²) in [5.41, 5.74) is 3.06. The third-order valence-corrected chi connectivity index (χ3v) is 12.3. The van der Waals surface area contributed by atoms with Crippen molar-refractivity contribution in [1.82, 2.24) is 16.0 Å². The van der Waals surface area contributed by atoms with Crippen LogP contribution in [0.1, 0.15) is 106 Å². The molecule has 1 saturated carbocycles. The number of benzene rings is 3. The van der Waals surface area contributed by atoms with Gasteiger partial charge in [0.05, 0.1) is 24.4 Å². The number of nitrogens with one attached hydrogen (secondary N) is 3. The fraction of sp³-hybridized carbons (Fsp3) is 0.633. The van der Waals surface area contributed by atoms with Crippen molar-refractivity contribution < 1.29 is 24.1 Å². The third-order valence-electron chi connectivity index (χ3n) is 12.3. The lowest BCUT2D eigenvalue weighted by molar-refractivity contribution is -0.0458. The highest BCUT2D eigenvalue weighted by Gasteiger charge is 2.38. The summed E-state index contributed by atoms with van der Waals surface area (Å²) in [5.74, 6) is 2.38. The van der Waals surface area contributed by atoms with Crippen LogP contribution in [-0.2, 0) is 24.5 Å². The second-order valence-corrected chi connectivity index (χ2v) is 16.6. The molecule has 3 saturated heterocycles. The Morgan fingerprint density at radius 1 is 0.684 bits per heavy atom. The van der Waals surface area contributed by atoms with Crippen molar-refractivity contribution in [1.29, 1.82) is 0 Å². The van der Waals surface area contributed by atoms with E-state index < -0.39 is 5.60 Å². The van der Waals surface area contributed by atoms with Gasteiger partial charge in [-0.05, 0) is 93.5 Å². The highest BCUT2D eigenvalue weighted by atomic mass is 16.5. The summed E-state index contributed by atoms with van der Waals surface area (Å²) in [7, 11) is 3.48. The first-order chi connectivity index (χ1) is 28.1. The van der Waals surface area contributed by atoms with E-state index in [-0.39, 0.29) is 6.10 Å². The summed E-state index contributed by atoms with van der Waals surface area (Å²) in [6.07, 6.45) is 14.6. The van der Waals surface area contributed by atoms with Crippen LogP contribution < -0.4 is 16.0 Å². The van der Waals surface area contributed by atoms with E-state index >= 15 is 0 Å². The Morgan fingerprint density at radius 3 is 1.91 bits per heavy atom. The highest BCUT2D eigenvalue weighted by molar-refractivity contribution is 5.24. The van der Waals surface area contributed by atoms with Crippen LogP contribution in [0.2, 0.25) is 0 Å². The normalized spacial score (nSPS) is 23.1. The van der Waals surface area contributed by atoms with E-state index in [0.717, 1.165) is 96.1 Å². The van der Waals surface area contributed by atoms with Gasteiger partial charge >= 0.3 is 0 Å². The van der Waals surface area contributed by atoms with E-state index in [1.807, 2.05) is 30.3 Å². The minimum Gasteiger partial charge on any atom is -0.385 e. The van der Waals surface area contributed by atoms with Gasteiger partial charge in [0.25, 0.3) is 0 Å². The molecule has 0 aromatic heterocycles. The number of rotatable bonds is 19. The van der Waals surface area contributed by atoms with Gasteiger partial charge < -0.3 is 40.0 Å². The summed E-state index contributed by atoms with van der Waals surface area (Å²) in [6.45, 7) is 9.49. The fourth-order valence-corrected chi connectivity index (χ4v) is 8.83. The first-order valence-corrected chi connectivity index (χ1v) is 22.3. The Balaban J connectivity index is 0.000000163. The molecule has 7 rings (SSSR count). The lowest BCUT2D eigenvalue weighted by Gasteiger charge is -2.39. The molecule has 8 nitrogen and oxygen atoms in total. The van der Waals surface area contributed by atoms with Gasteiger partial charge in [0.15, 0.2) is 0 Å². The van der Waals surface area contributed by atoms with E-state index in [9.17, 15) is 5.11 Å². The first kappa shape index (κ1) is 45.4. The monoisotopic (exact) mass is 786 g/mol. The van der Waals surface area contributed by atoms with Crippen LogP contribution in [0.25, 0.3) is 0 Å². The molecule has 1 aliphatic carbocycles. The molecule has 57 heavy (non-hydrogen) atoms. The maximum absolute atomic E-state index is 11.2. The molecule has 4 N–H and O–H groups in total. The van der Waals surface area contributed by atoms with Crippen LogP contribution in [0.5, 0.6) is 0 Å². The van der Waals surface area contributed by atoms with Gasteiger partial charge in [-0.15, -0.1) is 0 Å². The van der Waals surface area contributed by atoms with Gasteiger partial charge in [0, 0.05) is 78.0 Å². The van der Waals surface area contributed by atoms with Crippen molar-refractivity contribution in [2.75, 3.05) is 79.9 Å². The van der Waals surface area contributed by atoms with Crippen molar-refractivity contribution in [3.63, 3.8) is 0 Å². The average Bonchev–Trinajstić information content (AvgIpc) is 4.12. The molecule has 3 heterocycles. The summed E-state index contributed by atoms with van der Waals surface area (Å²) >= 11 is 0. The van der Waals surface area contributed by atoms with E-state index in [4.69, 9.17) is 18.9 Å². The molecule has 0 spiro atoms. The number of piperidine rings is 2. The molecule has 3 aliphatic heterocycles. The van der Waals surface area contributed by atoms with Crippen LogP contribution in [0.4, 0.5) is 0 Å². The summed E-state index contributed by atoms with van der Waals surface area (Å²) in [5, 5.41) is 21.6. The van der Waals surface area contributed by atoms with Crippen molar-refractivity contribution in [2.24, 2.45) is 17.8 Å².